The number of amides is 1. The third kappa shape index (κ3) is 2.21. The first-order chi connectivity index (χ1) is 7.70. The molecule has 1 aliphatic heterocycles. The lowest BCUT2D eigenvalue weighted by Crippen LogP contribution is -2.40. The van der Waals surface area contributed by atoms with Crippen LogP contribution in [0.5, 0.6) is 0 Å². The molecule has 2 rings (SSSR count). The molecule has 88 valence electrons. The second-order valence-electron chi connectivity index (χ2n) is 4.01. The van der Waals surface area contributed by atoms with E-state index in [1.54, 1.807) is 11.8 Å². The van der Waals surface area contributed by atoms with E-state index in [9.17, 15) is 4.79 Å². The SMILES string of the molecule is Cc1nc([C@H]2CCCN(C(=O)CO)C2)no1. The van der Waals surface area contributed by atoms with Gasteiger partial charge in [0.1, 0.15) is 6.61 Å². The first kappa shape index (κ1) is 11.1. The van der Waals surface area contributed by atoms with Gasteiger partial charge < -0.3 is 14.5 Å². The molecule has 1 aromatic heterocycles. The van der Waals surface area contributed by atoms with Gasteiger partial charge in [0.25, 0.3) is 0 Å². The van der Waals surface area contributed by atoms with E-state index in [2.05, 4.69) is 10.1 Å². The number of rotatable bonds is 2. The Hall–Kier alpha value is -1.43. The molecule has 0 bridgehead atoms. The number of carbonyl (C=O) groups excluding carboxylic acids is 1. The van der Waals surface area contributed by atoms with E-state index < -0.39 is 6.61 Å². The van der Waals surface area contributed by atoms with E-state index in [1.807, 2.05) is 0 Å². The summed E-state index contributed by atoms with van der Waals surface area (Å²) in [7, 11) is 0. The third-order valence-electron chi connectivity index (χ3n) is 2.82. The van der Waals surface area contributed by atoms with Crippen LogP contribution in [0.15, 0.2) is 4.52 Å². The van der Waals surface area contributed by atoms with Crippen molar-refractivity contribution in [1.82, 2.24) is 15.0 Å². The lowest BCUT2D eigenvalue weighted by Gasteiger charge is -2.30. The molecule has 1 N–H and O–H groups in total. The molecule has 16 heavy (non-hydrogen) atoms. The normalized spacial score (nSPS) is 21.1. The van der Waals surface area contributed by atoms with Crippen molar-refractivity contribution < 1.29 is 14.4 Å². The lowest BCUT2D eigenvalue weighted by molar-refractivity contribution is -0.135. The molecular weight excluding hydrogens is 210 g/mol. The number of aryl methyl sites for hydroxylation is 1. The second-order valence-corrected chi connectivity index (χ2v) is 4.01. The Balaban J connectivity index is 2.04. The number of aliphatic hydroxyl groups is 1. The predicted octanol–water partition coefficient (Wildman–Crippen LogP) is 0.0763. The standard InChI is InChI=1S/C10H15N3O3/c1-7-11-10(12-16-7)8-3-2-4-13(5-8)9(15)6-14/h8,14H,2-6H2,1H3/t8-/m0/s1. The van der Waals surface area contributed by atoms with E-state index in [0.717, 1.165) is 12.8 Å². The highest BCUT2D eigenvalue weighted by molar-refractivity contribution is 5.77. The summed E-state index contributed by atoms with van der Waals surface area (Å²) in [6.07, 6.45) is 1.86. The Morgan fingerprint density at radius 1 is 1.69 bits per heavy atom. The van der Waals surface area contributed by atoms with Crippen LogP contribution in [0.2, 0.25) is 0 Å². The molecule has 1 aliphatic rings. The molecule has 1 aromatic rings. The van der Waals surface area contributed by atoms with Crippen molar-refractivity contribution in [2.75, 3.05) is 19.7 Å². The molecule has 0 unspecified atom stereocenters. The maximum absolute atomic E-state index is 11.4. The van der Waals surface area contributed by atoms with Crippen LogP contribution < -0.4 is 0 Å². The van der Waals surface area contributed by atoms with Crippen molar-refractivity contribution in [2.24, 2.45) is 0 Å². The number of carbonyl (C=O) groups is 1. The average molecular weight is 225 g/mol. The minimum Gasteiger partial charge on any atom is -0.387 e. The Labute approximate surface area is 93.2 Å². The van der Waals surface area contributed by atoms with E-state index in [0.29, 0.717) is 24.8 Å². The van der Waals surface area contributed by atoms with Gasteiger partial charge in [-0.25, -0.2) is 0 Å². The highest BCUT2D eigenvalue weighted by Crippen LogP contribution is 2.24. The molecule has 0 aliphatic carbocycles. The number of likely N-dealkylation sites (tertiary alicyclic amines) is 1. The second kappa shape index (κ2) is 4.61. The number of hydrogen-bond donors (Lipinski definition) is 1. The maximum Gasteiger partial charge on any atom is 0.248 e. The zero-order valence-corrected chi connectivity index (χ0v) is 9.22. The molecule has 1 saturated heterocycles. The first-order valence-corrected chi connectivity index (χ1v) is 5.39. The van der Waals surface area contributed by atoms with Crippen molar-refractivity contribution in [3.63, 3.8) is 0 Å². The summed E-state index contributed by atoms with van der Waals surface area (Å²) in [6.45, 7) is 2.58. The van der Waals surface area contributed by atoms with Crippen molar-refractivity contribution in [1.29, 1.82) is 0 Å². The van der Waals surface area contributed by atoms with Gasteiger partial charge in [0.15, 0.2) is 5.82 Å². The van der Waals surface area contributed by atoms with Gasteiger partial charge in [0.05, 0.1) is 0 Å². The summed E-state index contributed by atoms with van der Waals surface area (Å²) in [6, 6.07) is 0. The topological polar surface area (TPSA) is 79.5 Å². The van der Waals surface area contributed by atoms with Crippen LogP contribution in [0, 0.1) is 6.92 Å². The van der Waals surface area contributed by atoms with Gasteiger partial charge in [-0.1, -0.05) is 5.16 Å². The summed E-state index contributed by atoms with van der Waals surface area (Å²) < 4.78 is 4.93. The Morgan fingerprint density at radius 3 is 3.12 bits per heavy atom. The van der Waals surface area contributed by atoms with Crippen LogP contribution in [0.1, 0.15) is 30.5 Å². The zero-order chi connectivity index (χ0) is 11.5. The Bertz CT molecular complexity index is 377. The molecule has 1 fully saturated rings. The molecule has 0 radical (unpaired) electrons. The Morgan fingerprint density at radius 2 is 2.50 bits per heavy atom. The van der Waals surface area contributed by atoms with Gasteiger partial charge in [-0.3, -0.25) is 4.79 Å². The fourth-order valence-electron chi connectivity index (χ4n) is 2.00. The Kier molecular flexibility index (Phi) is 3.19. The number of aromatic nitrogens is 2. The fourth-order valence-corrected chi connectivity index (χ4v) is 2.00. The maximum atomic E-state index is 11.4. The average Bonchev–Trinajstić information content (AvgIpc) is 2.75. The van der Waals surface area contributed by atoms with Crippen LogP contribution in [-0.2, 0) is 4.79 Å². The van der Waals surface area contributed by atoms with Crippen LogP contribution in [0.3, 0.4) is 0 Å². The van der Waals surface area contributed by atoms with Gasteiger partial charge in [0, 0.05) is 25.9 Å². The van der Waals surface area contributed by atoms with Crippen LogP contribution in [0.25, 0.3) is 0 Å². The van der Waals surface area contributed by atoms with E-state index in [-0.39, 0.29) is 11.8 Å². The van der Waals surface area contributed by atoms with Crippen LogP contribution >= 0.6 is 0 Å². The molecule has 1 atom stereocenters. The van der Waals surface area contributed by atoms with E-state index >= 15 is 0 Å². The number of nitrogens with zero attached hydrogens (tertiary/aromatic N) is 3. The molecule has 6 heteroatoms. The van der Waals surface area contributed by atoms with Crippen molar-refractivity contribution >= 4 is 5.91 Å². The molecule has 0 spiro atoms. The highest BCUT2D eigenvalue weighted by Gasteiger charge is 2.27. The predicted molar refractivity (Wildman–Crippen MR) is 54.7 cm³/mol. The minimum absolute atomic E-state index is 0.127. The zero-order valence-electron chi connectivity index (χ0n) is 9.22. The lowest BCUT2D eigenvalue weighted by atomic mass is 9.97. The monoisotopic (exact) mass is 225 g/mol. The van der Waals surface area contributed by atoms with Gasteiger partial charge in [0.2, 0.25) is 11.8 Å². The summed E-state index contributed by atoms with van der Waals surface area (Å²) in [5.41, 5.74) is 0. The molecule has 1 amide bonds. The van der Waals surface area contributed by atoms with Crippen molar-refractivity contribution in [2.45, 2.75) is 25.7 Å². The molecule has 2 heterocycles. The molecule has 0 saturated carbocycles. The number of piperidine rings is 1. The summed E-state index contributed by atoms with van der Waals surface area (Å²) in [5.74, 6) is 1.10. The molecule has 6 nitrogen and oxygen atoms in total. The van der Waals surface area contributed by atoms with Crippen LogP contribution in [0.4, 0.5) is 0 Å². The van der Waals surface area contributed by atoms with Crippen molar-refractivity contribution in [3.05, 3.63) is 11.7 Å². The number of hydrogen-bond acceptors (Lipinski definition) is 5. The smallest absolute Gasteiger partial charge is 0.248 e. The quantitative estimate of drug-likeness (QED) is 0.770. The molecular formula is C10H15N3O3. The van der Waals surface area contributed by atoms with E-state index in [1.165, 1.54) is 0 Å². The summed E-state index contributed by atoms with van der Waals surface area (Å²) in [5, 5.41) is 12.7. The third-order valence-corrected chi connectivity index (χ3v) is 2.82. The van der Waals surface area contributed by atoms with Crippen LogP contribution in [-0.4, -0.2) is 45.8 Å². The summed E-state index contributed by atoms with van der Waals surface area (Å²) >= 11 is 0. The van der Waals surface area contributed by atoms with Gasteiger partial charge in [-0.05, 0) is 12.8 Å². The van der Waals surface area contributed by atoms with Gasteiger partial charge in [-0.15, -0.1) is 0 Å². The van der Waals surface area contributed by atoms with Gasteiger partial charge in [-0.2, -0.15) is 4.98 Å². The fraction of sp³-hybridized carbons (Fsp3) is 0.700. The summed E-state index contributed by atoms with van der Waals surface area (Å²) in [4.78, 5) is 17.2. The largest absolute Gasteiger partial charge is 0.387 e. The van der Waals surface area contributed by atoms with E-state index in [4.69, 9.17) is 9.63 Å². The van der Waals surface area contributed by atoms with Gasteiger partial charge >= 0.3 is 0 Å². The highest BCUT2D eigenvalue weighted by atomic mass is 16.5. The minimum atomic E-state index is -0.433. The van der Waals surface area contributed by atoms with Crippen molar-refractivity contribution in [3.8, 4) is 0 Å². The number of aliphatic hydroxyl groups excluding tert-OH is 1. The first-order valence-electron chi connectivity index (χ1n) is 5.39. The molecule has 0 aromatic carbocycles.